The number of methoxy groups -OCH3 is 1. The third kappa shape index (κ3) is 3.34. The van der Waals surface area contributed by atoms with Crippen molar-refractivity contribution in [3.8, 4) is 5.75 Å². The van der Waals surface area contributed by atoms with E-state index in [1.165, 1.54) is 0 Å². The number of benzene rings is 1. The topological polar surface area (TPSA) is 43.2 Å². The van der Waals surface area contributed by atoms with Gasteiger partial charge in [0.1, 0.15) is 12.0 Å². The number of aromatic nitrogens is 1. The van der Waals surface area contributed by atoms with Gasteiger partial charge in [0.15, 0.2) is 5.70 Å². The average molecular weight is 413 g/mol. The number of fused-ring (bicyclic) bond motifs is 2. The lowest BCUT2D eigenvalue weighted by atomic mass is 9.90. The molecule has 2 aliphatic heterocycles. The van der Waals surface area contributed by atoms with Gasteiger partial charge in [0, 0.05) is 29.1 Å². The maximum absolute atomic E-state index is 15.5. The molecule has 7 heteroatoms. The summed E-state index contributed by atoms with van der Waals surface area (Å²) >= 11 is 6.31. The highest BCUT2D eigenvalue weighted by molar-refractivity contribution is 6.43. The summed E-state index contributed by atoms with van der Waals surface area (Å²) in [6.45, 7) is 4.71. The maximum Gasteiger partial charge on any atom is 0.846 e. The van der Waals surface area contributed by atoms with Crippen LogP contribution >= 0.6 is 11.6 Å². The first kappa shape index (κ1) is 20.0. The summed E-state index contributed by atoms with van der Waals surface area (Å²) in [5, 5.41) is 0.587. The lowest BCUT2D eigenvalue weighted by molar-refractivity contribution is -0.329. The van der Waals surface area contributed by atoms with Gasteiger partial charge in [-0.2, -0.15) is 0 Å². The van der Waals surface area contributed by atoms with Crippen molar-refractivity contribution >= 4 is 30.6 Å². The second-order valence-electron chi connectivity index (χ2n) is 7.67. The number of hydrogen-bond donors (Lipinski definition) is 1. The highest BCUT2D eigenvalue weighted by Crippen LogP contribution is 2.37. The zero-order chi connectivity index (χ0) is 20.7. The highest BCUT2D eigenvalue weighted by Gasteiger charge is 2.48. The number of nitrogens with zero attached hydrogens (tertiary/aromatic N) is 2. The summed E-state index contributed by atoms with van der Waals surface area (Å²) in [4.78, 5) is 0. The number of allylic oxidation sites excluding steroid dienone is 2. The van der Waals surface area contributed by atoms with Crippen molar-refractivity contribution in [1.82, 2.24) is 4.48 Å². The van der Waals surface area contributed by atoms with Crippen LogP contribution in [0.25, 0.3) is 5.57 Å². The second-order valence-corrected chi connectivity index (χ2v) is 8.07. The Morgan fingerprint density at radius 1 is 1.34 bits per heavy atom. The summed E-state index contributed by atoms with van der Waals surface area (Å²) in [6.07, 6.45) is 7.07. The molecule has 0 saturated heterocycles. The molecule has 2 N–H and O–H groups in total. The minimum absolute atomic E-state index is 0.174. The summed E-state index contributed by atoms with van der Waals surface area (Å²) in [6, 6.07) is 7.93. The molecule has 0 aliphatic carbocycles. The standard InChI is InChI=1S/C22H25BClFN3O/c1-14(16-6-7-21(29-3)19(24)13-16)11-17-12-15(2)22-18(8-9-26)20-5-4-10-27(20)23(25)28(17)22/h4-7,10,12-14H,8-9,11,26H2,1-3H3/q+1. The van der Waals surface area contributed by atoms with Crippen molar-refractivity contribution in [3.63, 3.8) is 0 Å². The normalized spacial score (nSPS) is 16.1. The first-order chi connectivity index (χ1) is 14.0. The fraction of sp³-hybridized carbons (Fsp3) is 0.318. The van der Waals surface area contributed by atoms with Crippen LogP contribution in [0.4, 0.5) is 4.32 Å². The van der Waals surface area contributed by atoms with Gasteiger partial charge in [-0.25, -0.2) is 8.80 Å². The third-order valence-corrected chi connectivity index (χ3v) is 6.07. The van der Waals surface area contributed by atoms with Crippen molar-refractivity contribution in [2.45, 2.75) is 32.6 Å². The van der Waals surface area contributed by atoms with E-state index in [1.54, 1.807) is 17.8 Å². The molecule has 0 saturated carbocycles. The number of ether oxygens (including phenoxy) is 1. The van der Waals surface area contributed by atoms with Crippen LogP contribution in [-0.4, -0.2) is 36.1 Å². The number of halogens is 2. The molecule has 0 radical (unpaired) electrons. The van der Waals surface area contributed by atoms with Crippen molar-refractivity contribution in [2.75, 3.05) is 13.7 Å². The summed E-state index contributed by atoms with van der Waals surface area (Å²) in [5.41, 5.74) is 12.0. The van der Waals surface area contributed by atoms with Crippen LogP contribution in [0, 0.1) is 6.92 Å². The predicted octanol–water partition coefficient (Wildman–Crippen LogP) is 4.33. The van der Waals surface area contributed by atoms with Crippen molar-refractivity contribution in [1.29, 1.82) is 0 Å². The summed E-state index contributed by atoms with van der Waals surface area (Å²) < 4.78 is 24.3. The quantitative estimate of drug-likeness (QED) is 0.718. The van der Waals surface area contributed by atoms with E-state index in [-0.39, 0.29) is 5.92 Å². The van der Waals surface area contributed by atoms with Gasteiger partial charge < -0.3 is 10.5 Å². The monoisotopic (exact) mass is 412 g/mol. The Morgan fingerprint density at radius 2 is 2.14 bits per heavy atom. The second kappa shape index (κ2) is 7.84. The van der Waals surface area contributed by atoms with Gasteiger partial charge in [0.05, 0.1) is 12.1 Å². The van der Waals surface area contributed by atoms with Crippen LogP contribution in [0.1, 0.15) is 41.8 Å². The molecule has 0 fully saturated rings. The predicted molar refractivity (Wildman–Crippen MR) is 118 cm³/mol. The Labute approximate surface area is 176 Å². The largest absolute Gasteiger partial charge is 0.846 e. The first-order valence-electron chi connectivity index (χ1n) is 9.88. The number of nitrogens with two attached hydrogens (primary N) is 1. The van der Waals surface area contributed by atoms with Crippen molar-refractivity contribution in [3.05, 3.63) is 69.7 Å². The van der Waals surface area contributed by atoms with Crippen molar-refractivity contribution in [2.24, 2.45) is 5.73 Å². The van der Waals surface area contributed by atoms with E-state index in [4.69, 9.17) is 22.1 Å². The summed E-state index contributed by atoms with van der Waals surface area (Å²) in [7, 11) is 0.346. The van der Waals surface area contributed by atoms with E-state index in [0.29, 0.717) is 30.2 Å². The third-order valence-electron chi connectivity index (χ3n) is 5.78. The van der Waals surface area contributed by atoms with E-state index in [0.717, 1.165) is 33.8 Å². The van der Waals surface area contributed by atoms with Crippen LogP contribution in [0.15, 0.2) is 42.1 Å². The fourth-order valence-electron chi connectivity index (χ4n) is 4.40. The van der Waals surface area contributed by atoms with Gasteiger partial charge in [-0.1, -0.05) is 24.6 Å². The van der Waals surface area contributed by atoms with Crippen molar-refractivity contribution < 1.29 is 13.5 Å². The molecule has 1 aromatic carbocycles. The molecule has 1 aromatic heterocycles. The SMILES string of the molecule is COc1ccc(C(C)Cc2cc(C)c3n2B(F)[N+]2=CC=CC2=C3CCN)cc1Cl. The molecular weight excluding hydrogens is 388 g/mol. The minimum Gasteiger partial charge on any atom is -0.495 e. The lowest BCUT2D eigenvalue weighted by Gasteiger charge is -2.21. The van der Waals surface area contributed by atoms with E-state index >= 15 is 4.32 Å². The number of rotatable bonds is 6. The zero-order valence-electron chi connectivity index (χ0n) is 17.0. The Kier molecular flexibility index (Phi) is 5.41. The molecule has 1 atom stereocenters. The molecule has 29 heavy (non-hydrogen) atoms. The first-order valence-corrected chi connectivity index (χ1v) is 10.3. The number of aryl methyl sites for hydroxylation is 1. The molecule has 2 aliphatic rings. The zero-order valence-corrected chi connectivity index (χ0v) is 17.7. The molecule has 0 spiro atoms. The Hall–Kier alpha value is -2.31. The molecular formula is C22H25BClFN3O+. The molecule has 150 valence electrons. The van der Waals surface area contributed by atoms with Crippen LogP contribution in [0.3, 0.4) is 0 Å². The van der Waals surface area contributed by atoms with E-state index in [1.807, 2.05) is 41.8 Å². The lowest BCUT2D eigenvalue weighted by Crippen LogP contribution is -2.39. The smallest absolute Gasteiger partial charge is 0.495 e. The maximum atomic E-state index is 15.5. The van der Waals surface area contributed by atoms with Crippen LogP contribution < -0.4 is 10.5 Å². The van der Waals surface area contributed by atoms with Crippen LogP contribution in [-0.2, 0) is 6.42 Å². The molecule has 4 rings (SSSR count). The molecule has 1 unspecified atom stereocenters. The van der Waals surface area contributed by atoms with Gasteiger partial charge in [-0.05, 0) is 61.6 Å². The number of hydrogen-bond acceptors (Lipinski definition) is 2. The molecule has 0 amide bonds. The summed E-state index contributed by atoms with van der Waals surface area (Å²) in [5.74, 6) is 0.830. The Balaban J connectivity index is 1.72. The van der Waals surface area contributed by atoms with Crippen LogP contribution in [0.2, 0.25) is 5.02 Å². The van der Waals surface area contributed by atoms with Gasteiger partial charge >= 0.3 is 7.26 Å². The molecule has 2 aromatic rings. The van der Waals surface area contributed by atoms with E-state index in [9.17, 15) is 0 Å². The van der Waals surface area contributed by atoms with Gasteiger partial charge in [0.25, 0.3) is 0 Å². The highest BCUT2D eigenvalue weighted by atomic mass is 35.5. The molecule has 3 heterocycles. The average Bonchev–Trinajstić information content (AvgIpc) is 3.30. The van der Waals surface area contributed by atoms with Gasteiger partial charge in [-0.15, -0.1) is 0 Å². The van der Waals surface area contributed by atoms with Gasteiger partial charge in [0.2, 0.25) is 0 Å². The Morgan fingerprint density at radius 3 is 2.83 bits per heavy atom. The minimum atomic E-state index is -1.26. The Bertz CT molecular complexity index is 1060. The van der Waals surface area contributed by atoms with E-state index in [2.05, 4.69) is 13.0 Å². The molecule has 4 nitrogen and oxygen atoms in total. The molecule has 0 bridgehead atoms. The van der Waals surface area contributed by atoms with E-state index < -0.39 is 7.26 Å². The fourth-order valence-corrected chi connectivity index (χ4v) is 4.66. The van der Waals surface area contributed by atoms with Gasteiger partial charge in [-0.3, -0.25) is 4.48 Å². The van der Waals surface area contributed by atoms with Crippen LogP contribution in [0.5, 0.6) is 5.75 Å².